The Morgan fingerprint density at radius 1 is 1.02 bits per heavy atom. The van der Waals surface area contributed by atoms with Gasteiger partial charge < -0.3 is 20.1 Å². The molecule has 0 bridgehead atoms. The number of nitrogens with one attached hydrogen (secondary N) is 1. The number of aromatic nitrogens is 3. The number of nitrogens with zero attached hydrogens (tertiary/aromatic N) is 6. The van der Waals surface area contributed by atoms with E-state index in [1.165, 1.54) is 4.90 Å². The molecule has 1 atom stereocenters. The maximum atomic E-state index is 11.4. The minimum atomic E-state index is -3.10. The van der Waals surface area contributed by atoms with Crippen LogP contribution in [-0.4, -0.2) is 83.7 Å². The highest BCUT2D eigenvalue weighted by molar-refractivity contribution is 8.23. The van der Waals surface area contributed by atoms with Gasteiger partial charge in [0, 0.05) is 55.9 Å². The van der Waals surface area contributed by atoms with Crippen molar-refractivity contribution >= 4 is 39.5 Å². The van der Waals surface area contributed by atoms with Crippen molar-refractivity contribution in [2.45, 2.75) is 25.8 Å². The number of ether oxygens (including phenoxy) is 1. The minimum Gasteiger partial charge on any atom is -0.465 e. The van der Waals surface area contributed by atoms with Crippen molar-refractivity contribution < 1.29 is 23.7 Å². The number of carbonyl (C=O) groups is 1. The number of hydrogen-bond donors (Lipinski definition) is 4. The first-order valence-corrected chi connectivity index (χ1v) is 15.2. The van der Waals surface area contributed by atoms with Crippen molar-refractivity contribution in [1.82, 2.24) is 24.2 Å². The van der Waals surface area contributed by atoms with E-state index in [4.69, 9.17) is 9.72 Å². The number of pyridine rings is 1. The van der Waals surface area contributed by atoms with Crippen molar-refractivity contribution in [3.05, 3.63) is 66.5 Å². The first-order valence-electron chi connectivity index (χ1n) is 13.7. The lowest BCUT2D eigenvalue weighted by atomic mass is 10.0. The molecular weight excluding hydrogens is 558 g/mol. The molecule has 13 heteroatoms. The van der Waals surface area contributed by atoms with Gasteiger partial charge >= 0.3 is 6.09 Å². The first kappa shape index (κ1) is 28.0. The van der Waals surface area contributed by atoms with Crippen LogP contribution in [-0.2, 0) is 0 Å². The predicted molar refractivity (Wildman–Crippen MR) is 163 cm³/mol. The molecule has 2 aromatic carbocycles. The Morgan fingerprint density at radius 3 is 2.67 bits per heavy atom. The van der Waals surface area contributed by atoms with Gasteiger partial charge in [0.15, 0.2) is 0 Å². The summed E-state index contributed by atoms with van der Waals surface area (Å²) in [6.07, 6.45) is 3.97. The van der Waals surface area contributed by atoms with Crippen LogP contribution in [0.2, 0.25) is 0 Å². The van der Waals surface area contributed by atoms with E-state index < -0.39 is 17.1 Å². The molecule has 1 unspecified atom stereocenters. The molecule has 0 radical (unpaired) electrons. The molecule has 2 aliphatic rings. The van der Waals surface area contributed by atoms with Gasteiger partial charge in [0.25, 0.3) is 0 Å². The Bertz CT molecular complexity index is 1640. The fraction of sp³-hybridized carbons (Fsp3) is 0.310. The molecule has 1 amide bonds. The number of anilines is 2. The Hall–Kier alpha value is -4.17. The summed E-state index contributed by atoms with van der Waals surface area (Å²) in [4.78, 5) is 26.5. The van der Waals surface area contributed by atoms with Crippen LogP contribution in [0, 0.1) is 6.92 Å². The summed E-state index contributed by atoms with van der Waals surface area (Å²) in [6.45, 7) is 3.89. The van der Waals surface area contributed by atoms with Gasteiger partial charge in [0.2, 0.25) is 11.8 Å². The van der Waals surface area contributed by atoms with E-state index in [0.717, 1.165) is 34.9 Å². The van der Waals surface area contributed by atoms with Crippen molar-refractivity contribution in [3.8, 4) is 22.9 Å². The van der Waals surface area contributed by atoms with E-state index in [0.29, 0.717) is 55.0 Å². The number of likely N-dealkylation sites (tertiary alicyclic amines) is 1. The van der Waals surface area contributed by atoms with Gasteiger partial charge in [-0.25, -0.2) is 19.7 Å². The fourth-order valence-corrected chi connectivity index (χ4v) is 6.88. The van der Waals surface area contributed by atoms with Crippen molar-refractivity contribution in [2.24, 2.45) is 0 Å². The third-order valence-corrected chi connectivity index (χ3v) is 9.70. The molecule has 4 heterocycles. The Kier molecular flexibility index (Phi) is 7.49. The number of benzene rings is 2. The summed E-state index contributed by atoms with van der Waals surface area (Å²) in [6, 6.07) is 15.0. The lowest BCUT2D eigenvalue weighted by Crippen LogP contribution is -2.44. The molecule has 0 saturated carbocycles. The van der Waals surface area contributed by atoms with Crippen molar-refractivity contribution in [1.29, 1.82) is 0 Å². The third kappa shape index (κ3) is 5.27. The van der Waals surface area contributed by atoms with Crippen LogP contribution in [0.15, 0.2) is 60.9 Å². The maximum absolute atomic E-state index is 11.4. The molecule has 2 aliphatic heterocycles. The number of likely N-dealkylation sites (N-methyl/N-ethyl adjacent to an activating group) is 1. The summed E-state index contributed by atoms with van der Waals surface area (Å²) in [5.74, 6) is 1.38. The van der Waals surface area contributed by atoms with Crippen LogP contribution < -0.4 is 14.4 Å². The Labute approximate surface area is 245 Å². The van der Waals surface area contributed by atoms with E-state index in [2.05, 4.69) is 15.3 Å². The largest absolute Gasteiger partial charge is 0.465 e. The normalized spacial score (nSPS) is 19.6. The van der Waals surface area contributed by atoms with E-state index in [9.17, 15) is 19.0 Å². The van der Waals surface area contributed by atoms with Gasteiger partial charge in [-0.05, 0) is 49.6 Å². The highest BCUT2D eigenvalue weighted by Crippen LogP contribution is 2.54. The average Bonchev–Trinajstić information content (AvgIpc) is 3.26. The zero-order valence-corrected chi connectivity index (χ0v) is 24.2. The molecule has 42 heavy (non-hydrogen) atoms. The van der Waals surface area contributed by atoms with Crippen molar-refractivity contribution in [2.75, 3.05) is 42.8 Å². The summed E-state index contributed by atoms with van der Waals surface area (Å²) in [5, 5.41) is 14.3. The Balaban J connectivity index is 1.32. The van der Waals surface area contributed by atoms with Gasteiger partial charge in [-0.2, -0.15) is 4.31 Å². The topological polar surface area (TPSA) is 147 Å². The first-order chi connectivity index (χ1) is 20.2. The van der Waals surface area contributed by atoms with E-state index in [1.54, 1.807) is 34.1 Å². The van der Waals surface area contributed by atoms with Gasteiger partial charge in [-0.3, -0.25) is 13.4 Å². The van der Waals surface area contributed by atoms with Gasteiger partial charge in [-0.1, -0.05) is 35.2 Å². The van der Waals surface area contributed by atoms with Crippen LogP contribution >= 0.6 is 11.0 Å². The summed E-state index contributed by atoms with van der Waals surface area (Å²) < 4.78 is 31.4. The van der Waals surface area contributed by atoms with Gasteiger partial charge in [0.1, 0.15) is 5.75 Å². The van der Waals surface area contributed by atoms with E-state index >= 15 is 0 Å². The lowest BCUT2D eigenvalue weighted by molar-refractivity contribution is 0.132. The number of carboxylic acid groups (broad SMARTS) is 1. The molecule has 2 fully saturated rings. The Morgan fingerprint density at radius 2 is 1.88 bits per heavy atom. The molecule has 4 aromatic rings. The maximum Gasteiger partial charge on any atom is 0.407 e. The smallest absolute Gasteiger partial charge is 0.407 e. The zero-order valence-electron chi connectivity index (χ0n) is 23.3. The second-order valence-corrected chi connectivity index (χ2v) is 12.5. The summed E-state index contributed by atoms with van der Waals surface area (Å²) >= 11 is 0. The van der Waals surface area contributed by atoms with Gasteiger partial charge in [-0.15, -0.1) is 0 Å². The van der Waals surface area contributed by atoms with E-state index in [1.807, 2.05) is 49.4 Å². The minimum absolute atomic E-state index is 0.0870. The second kappa shape index (κ2) is 11.2. The molecule has 0 aliphatic carbocycles. The van der Waals surface area contributed by atoms with Crippen LogP contribution in [0.3, 0.4) is 0 Å². The number of fused-ring (bicyclic) bond motifs is 1. The molecule has 0 spiro atoms. The molecule has 2 aromatic heterocycles. The number of aryl methyl sites for hydroxylation is 1. The van der Waals surface area contributed by atoms with Gasteiger partial charge in [0.05, 0.1) is 23.5 Å². The SMILES string of the molecule is Cc1ccc2c(N3CCN(C)S3(O)O)cccc2c1Oc1ncccc1-c1ccnc(NC2CCCN(C(=O)O)C2)n1. The number of hydrogen-bond acceptors (Lipinski definition) is 10. The highest BCUT2D eigenvalue weighted by atomic mass is 32.3. The second-order valence-electron chi connectivity index (χ2n) is 10.5. The van der Waals surface area contributed by atoms with Crippen LogP contribution in [0.4, 0.5) is 16.4 Å². The average molecular weight is 592 g/mol. The quantitative estimate of drug-likeness (QED) is 0.220. The molecule has 2 saturated heterocycles. The molecule has 4 N–H and O–H groups in total. The van der Waals surface area contributed by atoms with Crippen LogP contribution in [0.1, 0.15) is 18.4 Å². The lowest BCUT2D eigenvalue weighted by Gasteiger charge is -2.41. The standard InChI is InChI=1S/C29H33N7O5S/c1-19-10-11-21-22(7-3-9-25(21)36-17-16-34(2)42(36,39)40)26(19)41-27-23(8-4-13-30-27)24-12-14-31-28(33-24)32-20-6-5-15-35(18-20)29(37)38/h3-4,7-14,20,39-40H,5-6,15-18H2,1-2H3,(H,37,38)(H,31,32,33). The third-order valence-electron chi connectivity index (χ3n) is 7.71. The fourth-order valence-electron chi connectivity index (χ4n) is 5.47. The van der Waals surface area contributed by atoms with Crippen LogP contribution in [0.5, 0.6) is 11.6 Å². The number of piperidine rings is 1. The van der Waals surface area contributed by atoms with Crippen LogP contribution in [0.25, 0.3) is 22.0 Å². The zero-order chi connectivity index (χ0) is 29.4. The molecule has 6 rings (SSSR count). The summed E-state index contributed by atoms with van der Waals surface area (Å²) in [7, 11) is -1.39. The number of rotatable bonds is 6. The monoisotopic (exact) mass is 591 g/mol. The summed E-state index contributed by atoms with van der Waals surface area (Å²) in [5.41, 5.74) is 2.89. The predicted octanol–water partition coefficient (Wildman–Crippen LogP) is 5.68. The molecular formula is C29H33N7O5S. The highest BCUT2D eigenvalue weighted by Gasteiger charge is 2.35. The molecule has 12 nitrogen and oxygen atoms in total. The van der Waals surface area contributed by atoms with Crippen molar-refractivity contribution in [3.63, 3.8) is 0 Å². The number of amides is 1. The van der Waals surface area contributed by atoms with E-state index in [-0.39, 0.29) is 6.04 Å². The molecule has 220 valence electrons.